The van der Waals surface area contributed by atoms with Crippen LogP contribution in [0, 0.1) is 0 Å². The molecule has 0 spiro atoms. The third-order valence-electron chi connectivity index (χ3n) is 8.46. The van der Waals surface area contributed by atoms with Gasteiger partial charge in [0.15, 0.2) is 5.82 Å². The van der Waals surface area contributed by atoms with E-state index in [9.17, 15) is 0 Å². The maximum Gasteiger partial charge on any atom is 0.159 e. The number of nitrogens with zero attached hydrogens (tertiary/aromatic N) is 3. The minimum absolute atomic E-state index is 0.722. The molecule has 0 amide bonds. The molecule has 0 fully saturated rings. The summed E-state index contributed by atoms with van der Waals surface area (Å²) in [6.45, 7) is 0. The van der Waals surface area contributed by atoms with E-state index in [-0.39, 0.29) is 0 Å². The number of hydrogen-bond donors (Lipinski definition) is 0. The zero-order valence-electron chi connectivity index (χ0n) is 23.7. The zero-order chi connectivity index (χ0) is 29.0. The molecule has 3 nitrogen and oxygen atoms in total. The molecule has 0 N–H and O–H groups in total. The summed E-state index contributed by atoms with van der Waals surface area (Å²) >= 11 is 1.84. The molecule has 0 saturated carbocycles. The molecule has 0 bridgehead atoms. The molecule has 206 valence electrons. The van der Waals surface area contributed by atoms with E-state index in [2.05, 4.69) is 132 Å². The van der Waals surface area contributed by atoms with Crippen molar-refractivity contribution in [3.05, 3.63) is 152 Å². The second-order valence-corrected chi connectivity index (χ2v) is 12.1. The van der Waals surface area contributed by atoms with E-state index in [0.29, 0.717) is 0 Å². The molecule has 3 heterocycles. The summed E-state index contributed by atoms with van der Waals surface area (Å²) in [6, 6.07) is 51.5. The van der Waals surface area contributed by atoms with Crippen LogP contribution in [-0.4, -0.2) is 14.5 Å². The van der Waals surface area contributed by atoms with Crippen molar-refractivity contribution in [3.8, 4) is 39.5 Å². The summed E-state index contributed by atoms with van der Waals surface area (Å²) < 4.78 is 4.91. The molecule has 3 aromatic heterocycles. The zero-order valence-corrected chi connectivity index (χ0v) is 24.5. The minimum atomic E-state index is 0.722. The highest BCUT2D eigenvalue weighted by Gasteiger charge is 2.20. The van der Waals surface area contributed by atoms with Gasteiger partial charge in [0.05, 0.1) is 16.7 Å². The van der Waals surface area contributed by atoms with Crippen LogP contribution in [0.15, 0.2) is 152 Å². The number of thiophene rings is 1. The van der Waals surface area contributed by atoms with Crippen molar-refractivity contribution in [1.82, 2.24) is 14.5 Å². The first-order valence-electron chi connectivity index (χ1n) is 14.8. The monoisotopic (exact) mass is 579 g/mol. The predicted octanol–water partition coefficient (Wildman–Crippen LogP) is 10.9. The highest BCUT2D eigenvalue weighted by molar-refractivity contribution is 7.26. The summed E-state index contributed by atoms with van der Waals surface area (Å²) in [5, 5.41) is 5.01. The van der Waals surface area contributed by atoms with Gasteiger partial charge in [0.1, 0.15) is 0 Å². The number of hydrogen-bond acceptors (Lipinski definition) is 3. The first kappa shape index (κ1) is 25.0. The van der Waals surface area contributed by atoms with Gasteiger partial charge in [0.2, 0.25) is 0 Å². The summed E-state index contributed by atoms with van der Waals surface area (Å²) in [4.78, 5) is 10.2. The second-order valence-electron chi connectivity index (χ2n) is 11.0. The van der Waals surface area contributed by atoms with Crippen molar-refractivity contribution in [2.75, 3.05) is 0 Å². The first-order valence-corrected chi connectivity index (χ1v) is 15.6. The number of benzene rings is 6. The van der Waals surface area contributed by atoms with Gasteiger partial charge in [-0.25, -0.2) is 9.97 Å². The molecule has 9 aromatic rings. The smallest absolute Gasteiger partial charge is 0.159 e. The van der Waals surface area contributed by atoms with Crippen LogP contribution in [0.5, 0.6) is 0 Å². The summed E-state index contributed by atoms with van der Waals surface area (Å²) in [5.74, 6) is 0.722. The molecule has 0 saturated heterocycles. The van der Waals surface area contributed by atoms with Crippen molar-refractivity contribution < 1.29 is 0 Å². The Morgan fingerprint density at radius 3 is 1.80 bits per heavy atom. The highest BCUT2D eigenvalue weighted by Crippen LogP contribution is 2.45. The van der Waals surface area contributed by atoms with Crippen molar-refractivity contribution in [2.45, 2.75) is 0 Å². The van der Waals surface area contributed by atoms with Crippen molar-refractivity contribution in [2.24, 2.45) is 0 Å². The number of fused-ring (bicyclic) bond motifs is 6. The topological polar surface area (TPSA) is 30.7 Å². The van der Waals surface area contributed by atoms with Crippen LogP contribution in [0.3, 0.4) is 0 Å². The van der Waals surface area contributed by atoms with Gasteiger partial charge < -0.3 is 4.57 Å². The van der Waals surface area contributed by atoms with Gasteiger partial charge in [-0.05, 0) is 30.3 Å². The summed E-state index contributed by atoms with van der Waals surface area (Å²) in [5.41, 5.74) is 8.67. The van der Waals surface area contributed by atoms with Crippen LogP contribution in [-0.2, 0) is 0 Å². The molecule has 0 atom stereocenters. The Balaban J connectivity index is 1.40. The molecule has 4 heteroatoms. The summed E-state index contributed by atoms with van der Waals surface area (Å²) in [7, 11) is 0. The largest absolute Gasteiger partial charge is 0.309 e. The highest BCUT2D eigenvalue weighted by atomic mass is 32.1. The third-order valence-corrected chi connectivity index (χ3v) is 9.68. The lowest BCUT2D eigenvalue weighted by Crippen LogP contribution is -1.98. The Bertz CT molecular complexity index is 2440. The Kier molecular flexibility index (Phi) is 5.68. The average Bonchev–Trinajstić information content (AvgIpc) is 3.64. The lowest BCUT2D eigenvalue weighted by Gasteiger charge is -2.15. The lowest BCUT2D eigenvalue weighted by molar-refractivity contribution is 1.17. The van der Waals surface area contributed by atoms with Gasteiger partial charge >= 0.3 is 0 Å². The normalized spacial score (nSPS) is 11.6. The molecule has 0 aliphatic carbocycles. The number of rotatable bonds is 4. The minimum Gasteiger partial charge on any atom is -0.309 e. The van der Waals surface area contributed by atoms with Crippen LogP contribution in [0.1, 0.15) is 0 Å². The first-order chi connectivity index (χ1) is 21.8. The Hall–Kier alpha value is -5.58. The SMILES string of the molecule is c1ccc(-c2ncc(-c3cc(-n4c5ccccc5c5ccccc54)cc4c3sc3ccccc34)c(-c3ccccc3)n2)cc1. The Morgan fingerprint density at radius 1 is 0.500 bits per heavy atom. The fourth-order valence-corrected chi connectivity index (χ4v) is 7.68. The van der Waals surface area contributed by atoms with Crippen molar-refractivity contribution in [1.29, 1.82) is 0 Å². The van der Waals surface area contributed by atoms with Gasteiger partial charge in [-0.15, -0.1) is 11.3 Å². The van der Waals surface area contributed by atoms with Gasteiger partial charge in [-0.3, -0.25) is 0 Å². The third kappa shape index (κ3) is 3.89. The van der Waals surface area contributed by atoms with E-state index in [1.54, 1.807) is 0 Å². The van der Waals surface area contributed by atoms with E-state index in [0.717, 1.165) is 39.5 Å². The maximum atomic E-state index is 5.23. The Morgan fingerprint density at radius 2 is 1.09 bits per heavy atom. The summed E-state index contributed by atoms with van der Waals surface area (Å²) in [6.07, 6.45) is 2.02. The van der Waals surface area contributed by atoms with Gasteiger partial charge in [-0.2, -0.15) is 0 Å². The van der Waals surface area contributed by atoms with Gasteiger partial charge in [0, 0.05) is 65.1 Å². The van der Waals surface area contributed by atoms with Gasteiger partial charge in [0.25, 0.3) is 0 Å². The lowest BCUT2D eigenvalue weighted by atomic mass is 9.97. The van der Waals surface area contributed by atoms with Crippen molar-refractivity contribution >= 4 is 53.3 Å². The van der Waals surface area contributed by atoms with E-state index >= 15 is 0 Å². The van der Waals surface area contributed by atoms with Gasteiger partial charge in [-0.1, -0.05) is 115 Å². The van der Waals surface area contributed by atoms with Crippen LogP contribution in [0.2, 0.25) is 0 Å². The average molecular weight is 580 g/mol. The van der Waals surface area contributed by atoms with Crippen LogP contribution in [0.4, 0.5) is 0 Å². The number of para-hydroxylation sites is 2. The fourth-order valence-electron chi connectivity index (χ4n) is 6.46. The van der Waals surface area contributed by atoms with E-state index in [1.165, 1.54) is 42.0 Å². The van der Waals surface area contributed by atoms with Crippen molar-refractivity contribution in [3.63, 3.8) is 0 Å². The molecule has 0 unspecified atom stereocenters. The molecule has 9 rings (SSSR count). The predicted molar refractivity (Wildman–Crippen MR) is 186 cm³/mol. The fraction of sp³-hybridized carbons (Fsp3) is 0. The number of aromatic nitrogens is 3. The van der Waals surface area contributed by atoms with Crippen LogP contribution in [0.25, 0.3) is 81.4 Å². The second kappa shape index (κ2) is 10.0. The molecule has 0 radical (unpaired) electrons. The molecular weight excluding hydrogens is 555 g/mol. The maximum absolute atomic E-state index is 5.23. The molecular formula is C40H25N3S. The van der Waals surface area contributed by atoms with Crippen LogP contribution >= 0.6 is 11.3 Å². The molecule has 0 aliphatic heterocycles. The standard InChI is InChI=1S/C40H25N3S/c1-3-13-26(14-4-1)38-34(25-41-40(42-38)27-15-5-2-6-16-27)33-24-28(23-32-31-19-9-12-22-37(31)44-39(32)33)43-35-20-10-7-17-29(35)30-18-8-11-21-36(30)43/h1-25H. The molecule has 44 heavy (non-hydrogen) atoms. The van der Waals surface area contributed by atoms with E-state index in [4.69, 9.17) is 9.97 Å². The quantitative estimate of drug-likeness (QED) is 0.208. The van der Waals surface area contributed by atoms with E-state index in [1.807, 2.05) is 35.7 Å². The molecule has 6 aromatic carbocycles. The van der Waals surface area contributed by atoms with Crippen LogP contribution < -0.4 is 0 Å². The Labute approximate surface area is 258 Å². The molecule has 0 aliphatic rings. The van der Waals surface area contributed by atoms with E-state index < -0.39 is 0 Å².